The van der Waals surface area contributed by atoms with Crippen LogP contribution in [0, 0.1) is 5.92 Å². The summed E-state index contributed by atoms with van der Waals surface area (Å²) < 4.78 is 0. The minimum atomic E-state index is -0.227. The van der Waals surface area contributed by atoms with Crippen LogP contribution in [-0.2, 0) is 16.7 Å². The van der Waals surface area contributed by atoms with Crippen molar-refractivity contribution in [2.45, 2.75) is 24.7 Å². The molecule has 2 aromatic carbocycles. The molecular weight excluding hydrogens is 370 g/mol. The van der Waals surface area contributed by atoms with Gasteiger partial charge in [0.1, 0.15) is 18.0 Å². The zero-order chi connectivity index (χ0) is 20.4. The molecule has 1 saturated carbocycles. The van der Waals surface area contributed by atoms with Crippen LogP contribution in [0.5, 0.6) is 0 Å². The van der Waals surface area contributed by atoms with Crippen LogP contribution >= 0.6 is 0 Å². The molecule has 150 valence electrons. The van der Waals surface area contributed by atoms with Crippen LogP contribution < -0.4 is 0 Å². The molecule has 0 unspecified atom stereocenters. The van der Waals surface area contributed by atoms with Crippen molar-refractivity contribution in [2.75, 3.05) is 6.61 Å². The fourth-order valence-electron chi connectivity index (χ4n) is 4.32. The fourth-order valence-corrected chi connectivity index (χ4v) is 4.32. The summed E-state index contributed by atoms with van der Waals surface area (Å²) in [4.78, 5) is 5.43. The predicted molar refractivity (Wildman–Crippen MR) is 120 cm³/mol. The van der Waals surface area contributed by atoms with Gasteiger partial charge in [-0.25, -0.2) is 0 Å². The van der Waals surface area contributed by atoms with E-state index in [1.54, 1.807) is 6.08 Å². The van der Waals surface area contributed by atoms with Crippen molar-refractivity contribution in [1.82, 2.24) is 10.2 Å². The summed E-state index contributed by atoms with van der Waals surface area (Å²) in [7, 11) is 0. The van der Waals surface area contributed by atoms with Crippen molar-refractivity contribution >= 4 is 11.8 Å². The van der Waals surface area contributed by atoms with Gasteiger partial charge in [0.15, 0.2) is 0 Å². The summed E-state index contributed by atoms with van der Waals surface area (Å²) >= 11 is 0. The molecule has 0 atom stereocenters. The molecule has 3 aromatic rings. The van der Waals surface area contributed by atoms with Crippen molar-refractivity contribution in [3.05, 3.63) is 107 Å². The van der Waals surface area contributed by atoms with Gasteiger partial charge in [0, 0.05) is 29.0 Å². The number of hydrogen-bond donors (Lipinski definition) is 1. The van der Waals surface area contributed by atoms with Crippen LogP contribution in [-0.4, -0.2) is 22.5 Å². The van der Waals surface area contributed by atoms with E-state index in [1.165, 1.54) is 11.1 Å². The van der Waals surface area contributed by atoms with E-state index in [4.69, 9.17) is 4.84 Å². The molecular formula is C26H25N3O. The van der Waals surface area contributed by atoms with E-state index in [2.05, 4.69) is 94.7 Å². The predicted octanol–water partition coefficient (Wildman–Crippen LogP) is 5.28. The van der Waals surface area contributed by atoms with Gasteiger partial charge < -0.3 is 4.84 Å². The molecule has 4 heteroatoms. The molecule has 2 aliphatic carbocycles. The topological polar surface area (TPSA) is 50.3 Å². The van der Waals surface area contributed by atoms with E-state index in [0.717, 1.165) is 41.9 Å². The highest BCUT2D eigenvalue weighted by Gasteiger charge is 2.38. The lowest BCUT2D eigenvalue weighted by molar-refractivity contribution is 0.174. The number of aromatic nitrogens is 2. The second kappa shape index (κ2) is 7.79. The Bertz CT molecular complexity index is 1050. The molecule has 1 N–H and O–H groups in total. The van der Waals surface area contributed by atoms with Gasteiger partial charge >= 0.3 is 0 Å². The zero-order valence-electron chi connectivity index (χ0n) is 16.9. The maximum Gasteiger partial charge on any atom is 0.135 e. The van der Waals surface area contributed by atoms with E-state index in [0.29, 0.717) is 12.5 Å². The zero-order valence-corrected chi connectivity index (χ0v) is 16.9. The molecule has 1 fully saturated rings. The molecule has 2 aliphatic rings. The Hall–Kier alpha value is -3.40. The van der Waals surface area contributed by atoms with E-state index >= 15 is 0 Å². The standard InChI is InChI=1S/C26H25N3O/c1-2-17-30-29-24(19-13-14-19)25-22-15-16-26(18-23(22)27-28-25,20-9-5-3-6-10-20)21-11-7-4-8-12-21/h2-12,15-16,19H,1,13-14,17-18H2,(H,27,28)/b29-24+. The number of nitrogens with zero attached hydrogens (tertiary/aromatic N) is 2. The molecule has 30 heavy (non-hydrogen) atoms. The van der Waals surface area contributed by atoms with Crippen LogP contribution in [0.3, 0.4) is 0 Å². The summed E-state index contributed by atoms with van der Waals surface area (Å²) in [5, 5.41) is 12.4. The third-order valence-corrected chi connectivity index (χ3v) is 6.01. The first-order chi connectivity index (χ1) is 14.8. The lowest BCUT2D eigenvalue weighted by atomic mass is 9.68. The van der Waals surface area contributed by atoms with Crippen molar-refractivity contribution in [2.24, 2.45) is 11.1 Å². The average molecular weight is 396 g/mol. The molecule has 0 bridgehead atoms. The van der Waals surface area contributed by atoms with Gasteiger partial charge in [0.05, 0.1) is 0 Å². The second-order valence-corrected chi connectivity index (χ2v) is 8.01. The molecule has 0 amide bonds. The number of allylic oxidation sites excluding steroid dienone is 1. The first-order valence-electron chi connectivity index (χ1n) is 10.5. The van der Waals surface area contributed by atoms with Crippen LogP contribution in [0.25, 0.3) is 6.08 Å². The van der Waals surface area contributed by atoms with Gasteiger partial charge in [-0.3, -0.25) is 5.10 Å². The summed E-state index contributed by atoms with van der Waals surface area (Å²) in [6.07, 6.45) is 9.35. The van der Waals surface area contributed by atoms with Crippen LogP contribution in [0.4, 0.5) is 0 Å². The first-order valence-corrected chi connectivity index (χ1v) is 10.5. The molecule has 1 heterocycles. The Morgan fingerprint density at radius 3 is 2.37 bits per heavy atom. The molecule has 0 radical (unpaired) electrons. The molecule has 0 saturated heterocycles. The van der Waals surface area contributed by atoms with Crippen LogP contribution in [0.1, 0.15) is 40.9 Å². The highest BCUT2D eigenvalue weighted by atomic mass is 16.6. The van der Waals surface area contributed by atoms with Gasteiger partial charge in [0.2, 0.25) is 0 Å². The average Bonchev–Trinajstić information content (AvgIpc) is 3.57. The summed E-state index contributed by atoms with van der Waals surface area (Å²) in [6.45, 7) is 4.10. The minimum Gasteiger partial charge on any atom is -0.391 e. The smallest absolute Gasteiger partial charge is 0.135 e. The van der Waals surface area contributed by atoms with E-state index < -0.39 is 0 Å². The van der Waals surface area contributed by atoms with Gasteiger partial charge in [0.25, 0.3) is 0 Å². The van der Waals surface area contributed by atoms with Crippen molar-refractivity contribution < 1.29 is 4.84 Å². The Balaban J connectivity index is 1.57. The van der Waals surface area contributed by atoms with Gasteiger partial charge in [-0.05, 0) is 24.0 Å². The number of fused-ring (bicyclic) bond motifs is 1. The van der Waals surface area contributed by atoms with E-state index in [1.807, 2.05) is 0 Å². The van der Waals surface area contributed by atoms with Crippen LogP contribution in [0.15, 0.2) is 84.6 Å². The lowest BCUT2D eigenvalue weighted by Crippen LogP contribution is -2.30. The SMILES string of the molecule is C=CCO/N=C(/c1n[nH]c2c1C=CC(c1ccccc1)(c1ccccc1)C2)C1CC1. The minimum absolute atomic E-state index is 0.227. The number of nitrogens with one attached hydrogen (secondary N) is 1. The quantitative estimate of drug-likeness (QED) is 0.256. The van der Waals surface area contributed by atoms with Crippen molar-refractivity contribution in [3.8, 4) is 0 Å². The highest BCUT2D eigenvalue weighted by molar-refractivity contribution is 6.04. The lowest BCUT2D eigenvalue weighted by Gasteiger charge is -2.34. The highest BCUT2D eigenvalue weighted by Crippen LogP contribution is 2.43. The largest absolute Gasteiger partial charge is 0.391 e. The van der Waals surface area contributed by atoms with Crippen molar-refractivity contribution in [1.29, 1.82) is 0 Å². The summed E-state index contributed by atoms with van der Waals surface area (Å²) in [6, 6.07) is 21.4. The molecule has 4 nitrogen and oxygen atoms in total. The molecule has 0 spiro atoms. The molecule has 1 aromatic heterocycles. The maximum absolute atomic E-state index is 5.43. The van der Waals surface area contributed by atoms with Gasteiger partial charge in [-0.2, -0.15) is 5.10 Å². The number of aromatic amines is 1. The Kier molecular flexibility index (Phi) is 4.83. The van der Waals surface area contributed by atoms with Crippen LogP contribution in [0.2, 0.25) is 0 Å². The molecule has 5 rings (SSSR count). The Labute approximate surface area is 177 Å². The van der Waals surface area contributed by atoms with Gasteiger partial charge in [-0.1, -0.05) is 90.6 Å². The second-order valence-electron chi connectivity index (χ2n) is 8.01. The Morgan fingerprint density at radius 1 is 1.10 bits per heavy atom. The maximum atomic E-state index is 5.43. The summed E-state index contributed by atoms with van der Waals surface area (Å²) in [5.74, 6) is 0.436. The fraction of sp³-hybridized carbons (Fsp3) is 0.231. The number of benzene rings is 2. The third kappa shape index (κ3) is 3.28. The van der Waals surface area contributed by atoms with Gasteiger partial charge in [-0.15, -0.1) is 0 Å². The monoisotopic (exact) mass is 395 g/mol. The summed E-state index contributed by atoms with van der Waals surface area (Å²) in [5.41, 5.74) is 6.46. The first kappa shape index (κ1) is 18.6. The third-order valence-electron chi connectivity index (χ3n) is 6.01. The number of rotatable bonds is 7. The normalized spacial score (nSPS) is 17.4. The number of oxime groups is 1. The van der Waals surface area contributed by atoms with E-state index in [9.17, 15) is 0 Å². The molecule has 0 aliphatic heterocycles. The van der Waals surface area contributed by atoms with Crippen molar-refractivity contribution in [3.63, 3.8) is 0 Å². The number of hydrogen-bond acceptors (Lipinski definition) is 3. The van der Waals surface area contributed by atoms with E-state index in [-0.39, 0.29) is 5.41 Å². The Morgan fingerprint density at radius 2 is 1.77 bits per heavy atom. The number of H-pyrrole nitrogens is 1.